The number of carboxylic acid groups (broad SMARTS) is 1. The Balaban J connectivity index is 1.60. The second kappa shape index (κ2) is 6.13. The molecular formula is C18H23N5O2. The van der Waals surface area contributed by atoms with Crippen LogP contribution in [0.1, 0.15) is 60.7 Å². The molecule has 4 rings (SSSR count). The van der Waals surface area contributed by atoms with Crippen LogP contribution >= 0.6 is 0 Å². The molecular weight excluding hydrogens is 318 g/mol. The lowest BCUT2D eigenvalue weighted by Gasteiger charge is -2.17. The lowest BCUT2D eigenvalue weighted by molar-refractivity contribution is 0.0690. The maximum atomic E-state index is 11.2. The normalized spacial score (nSPS) is 23.4. The van der Waals surface area contributed by atoms with Crippen LogP contribution in [-0.2, 0) is 0 Å². The first-order chi connectivity index (χ1) is 12.0. The highest BCUT2D eigenvalue weighted by molar-refractivity contribution is 5.85. The third kappa shape index (κ3) is 3.10. The number of aromatic amines is 1. The van der Waals surface area contributed by atoms with Gasteiger partial charge in [-0.25, -0.2) is 14.8 Å². The van der Waals surface area contributed by atoms with Crippen LogP contribution in [0.3, 0.4) is 0 Å². The average molecular weight is 341 g/mol. The molecule has 7 nitrogen and oxygen atoms in total. The molecule has 2 aromatic rings. The standard InChI is InChI=1S/C18H23N5O2/c1-10(2)16-20-17(22-21-16)13-9-23(8-12(13)11-6-7-11)15-5-3-4-14(19-15)18(24)25/h3-5,10-13H,6-9H2,1-2H3,(H,24,25)(H,20,21,22)/t12-,13+/m1/s1. The fraction of sp³-hybridized carbons (Fsp3) is 0.556. The summed E-state index contributed by atoms with van der Waals surface area (Å²) in [6, 6.07) is 5.18. The van der Waals surface area contributed by atoms with E-state index in [-0.39, 0.29) is 5.69 Å². The van der Waals surface area contributed by atoms with Gasteiger partial charge < -0.3 is 10.0 Å². The average Bonchev–Trinajstić information content (AvgIpc) is 3.15. The van der Waals surface area contributed by atoms with Gasteiger partial charge in [0.15, 0.2) is 11.5 Å². The van der Waals surface area contributed by atoms with Gasteiger partial charge in [0.05, 0.1) is 0 Å². The molecule has 1 aliphatic carbocycles. The largest absolute Gasteiger partial charge is 0.477 e. The van der Waals surface area contributed by atoms with E-state index in [4.69, 9.17) is 4.98 Å². The summed E-state index contributed by atoms with van der Waals surface area (Å²) in [5, 5.41) is 16.7. The van der Waals surface area contributed by atoms with Gasteiger partial charge in [0.1, 0.15) is 11.6 Å². The molecule has 0 bridgehead atoms. The summed E-state index contributed by atoms with van der Waals surface area (Å²) < 4.78 is 0. The van der Waals surface area contributed by atoms with E-state index in [9.17, 15) is 9.90 Å². The van der Waals surface area contributed by atoms with Crippen molar-refractivity contribution in [2.24, 2.45) is 11.8 Å². The van der Waals surface area contributed by atoms with Crippen LogP contribution < -0.4 is 4.90 Å². The van der Waals surface area contributed by atoms with E-state index in [1.165, 1.54) is 18.9 Å². The molecule has 0 amide bonds. The van der Waals surface area contributed by atoms with Crippen molar-refractivity contribution in [2.75, 3.05) is 18.0 Å². The smallest absolute Gasteiger partial charge is 0.354 e. The van der Waals surface area contributed by atoms with Crippen molar-refractivity contribution in [2.45, 2.75) is 38.5 Å². The summed E-state index contributed by atoms with van der Waals surface area (Å²) in [6.07, 6.45) is 2.53. The van der Waals surface area contributed by atoms with Gasteiger partial charge in [-0.15, -0.1) is 0 Å². The van der Waals surface area contributed by atoms with Crippen LogP contribution in [0.5, 0.6) is 0 Å². The van der Waals surface area contributed by atoms with Gasteiger partial charge in [-0.1, -0.05) is 19.9 Å². The van der Waals surface area contributed by atoms with E-state index in [0.717, 1.165) is 36.5 Å². The number of nitrogens with zero attached hydrogens (tertiary/aromatic N) is 4. The molecule has 0 unspecified atom stereocenters. The van der Waals surface area contributed by atoms with E-state index < -0.39 is 5.97 Å². The number of nitrogens with one attached hydrogen (secondary N) is 1. The molecule has 2 aromatic heterocycles. The molecule has 2 N–H and O–H groups in total. The van der Waals surface area contributed by atoms with E-state index in [1.54, 1.807) is 6.07 Å². The number of pyridine rings is 1. The predicted molar refractivity (Wildman–Crippen MR) is 92.8 cm³/mol. The molecule has 25 heavy (non-hydrogen) atoms. The summed E-state index contributed by atoms with van der Waals surface area (Å²) >= 11 is 0. The molecule has 3 heterocycles. The molecule has 1 saturated heterocycles. The van der Waals surface area contributed by atoms with Crippen molar-refractivity contribution in [1.29, 1.82) is 0 Å². The number of anilines is 1. The van der Waals surface area contributed by atoms with E-state index in [0.29, 0.717) is 17.8 Å². The Hall–Kier alpha value is -2.44. The molecule has 0 radical (unpaired) electrons. The molecule has 7 heteroatoms. The Morgan fingerprint density at radius 2 is 2.08 bits per heavy atom. The summed E-state index contributed by atoms with van der Waals surface area (Å²) in [5.41, 5.74) is 0.0886. The molecule has 1 aliphatic heterocycles. The van der Waals surface area contributed by atoms with Gasteiger partial charge in [-0.2, -0.15) is 5.10 Å². The minimum absolute atomic E-state index is 0.0886. The zero-order chi connectivity index (χ0) is 17.6. The fourth-order valence-electron chi connectivity index (χ4n) is 3.74. The number of carboxylic acids is 1. The predicted octanol–water partition coefficient (Wildman–Crippen LogP) is 2.65. The van der Waals surface area contributed by atoms with Crippen molar-refractivity contribution in [3.8, 4) is 0 Å². The van der Waals surface area contributed by atoms with Crippen molar-refractivity contribution >= 4 is 11.8 Å². The fourth-order valence-corrected chi connectivity index (χ4v) is 3.74. The quantitative estimate of drug-likeness (QED) is 0.868. The van der Waals surface area contributed by atoms with E-state index in [2.05, 4.69) is 33.9 Å². The number of carbonyl (C=O) groups is 1. The molecule has 2 fully saturated rings. The zero-order valence-corrected chi connectivity index (χ0v) is 14.5. The SMILES string of the molecule is CC(C)c1n[nH]c([C@H]2CN(c3cccc(C(=O)O)n3)C[C@@H]2C2CC2)n1. The maximum Gasteiger partial charge on any atom is 0.354 e. The van der Waals surface area contributed by atoms with Crippen molar-refractivity contribution in [3.05, 3.63) is 35.5 Å². The van der Waals surface area contributed by atoms with Crippen molar-refractivity contribution in [3.63, 3.8) is 0 Å². The minimum Gasteiger partial charge on any atom is -0.477 e. The Labute approximate surface area is 146 Å². The van der Waals surface area contributed by atoms with Gasteiger partial charge in [0, 0.05) is 24.9 Å². The first-order valence-corrected chi connectivity index (χ1v) is 8.90. The first-order valence-electron chi connectivity index (χ1n) is 8.90. The Morgan fingerprint density at radius 1 is 1.28 bits per heavy atom. The highest BCUT2D eigenvalue weighted by atomic mass is 16.4. The molecule has 2 atom stereocenters. The van der Waals surface area contributed by atoms with Crippen molar-refractivity contribution < 1.29 is 9.90 Å². The third-order valence-corrected chi connectivity index (χ3v) is 5.26. The lowest BCUT2D eigenvalue weighted by atomic mass is 9.91. The number of hydrogen-bond acceptors (Lipinski definition) is 5. The summed E-state index contributed by atoms with van der Waals surface area (Å²) in [6.45, 7) is 5.87. The van der Waals surface area contributed by atoms with Crippen LogP contribution in [-0.4, -0.2) is 44.3 Å². The van der Waals surface area contributed by atoms with Crippen LogP contribution in [0.2, 0.25) is 0 Å². The summed E-state index contributed by atoms with van der Waals surface area (Å²) in [7, 11) is 0. The number of aromatic carboxylic acids is 1. The molecule has 0 aromatic carbocycles. The Bertz CT molecular complexity index is 783. The molecule has 132 valence electrons. The monoisotopic (exact) mass is 341 g/mol. The number of aromatic nitrogens is 4. The van der Waals surface area contributed by atoms with Crippen LogP contribution in [0.15, 0.2) is 18.2 Å². The highest BCUT2D eigenvalue weighted by Crippen LogP contribution is 2.47. The number of hydrogen-bond donors (Lipinski definition) is 2. The molecule has 0 spiro atoms. The third-order valence-electron chi connectivity index (χ3n) is 5.26. The second-order valence-corrected chi connectivity index (χ2v) is 7.43. The lowest BCUT2D eigenvalue weighted by Crippen LogP contribution is -2.22. The zero-order valence-electron chi connectivity index (χ0n) is 14.5. The van der Waals surface area contributed by atoms with Gasteiger partial charge in [0.25, 0.3) is 0 Å². The highest BCUT2D eigenvalue weighted by Gasteiger charge is 2.44. The van der Waals surface area contributed by atoms with Gasteiger partial charge in [-0.3, -0.25) is 5.10 Å². The molecule has 2 aliphatic rings. The van der Waals surface area contributed by atoms with Gasteiger partial charge >= 0.3 is 5.97 Å². The first kappa shape index (κ1) is 16.1. The number of H-pyrrole nitrogens is 1. The topological polar surface area (TPSA) is 95.0 Å². The van der Waals surface area contributed by atoms with E-state index in [1.807, 2.05) is 6.07 Å². The van der Waals surface area contributed by atoms with Crippen LogP contribution in [0.4, 0.5) is 5.82 Å². The number of rotatable bonds is 5. The second-order valence-electron chi connectivity index (χ2n) is 7.43. The summed E-state index contributed by atoms with van der Waals surface area (Å²) in [4.78, 5) is 22.4. The van der Waals surface area contributed by atoms with Crippen LogP contribution in [0.25, 0.3) is 0 Å². The van der Waals surface area contributed by atoms with Crippen molar-refractivity contribution in [1.82, 2.24) is 20.2 Å². The maximum absolute atomic E-state index is 11.2. The van der Waals surface area contributed by atoms with Crippen LogP contribution in [0, 0.1) is 11.8 Å². The van der Waals surface area contributed by atoms with Gasteiger partial charge in [-0.05, 0) is 36.8 Å². The molecule has 1 saturated carbocycles. The minimum atomic E-state index is -0.992. The Morgan fingerprint density at radius 3 is 2.72 bits per heavy atom. The summed E-state index contributed by atoms with van der Waals surface area (Å²) in [5.74, 6) is 3.39. The Kier molecular flexibility index (Phi) is 3.94. The van der Waals surface area contributed by atoms with Gasteiger partial charge in [0.2, 0.25) is 0 Å². The van der Waals surface area contributed by atoms with E-state index >= 15 is 0 Å².